The zero-order valence-electron chi connectivity index (χ0n) is 8.25. The van der Waals surface area contributed by atoms with Crippen LogP contribution in [0.5, 0.6) is 0 Å². The Morgan fingerprint density at radius 1 is 1.64 bits per heavy atom. The first-order chi connectivity index (χ1) is 6.56. The van der Waals surface area contributed by atoms with Crippen molar-refractivity contribution in [3.8, 4) is 0 Å². The highest BCUT2D eigenvalue weighted by Crippen LogP contribution is 2.18. The summed E-state index contributed by atoms with van der Waals surface area (Å²) < 4.78 is 0. The lowest BCUT2D eigenvalue weighted by molar-refractivity contribution is -0.120. The van der Waals surface area contributed by atoms with Gasteiger partial charge in [0, 0.05) is 12.4 Å². The number of hydrogen-bond acceptors (Lipinski definition) is 2. The average molecular weight is 257 g/mol. The van der Waals surface area contributed by atoms with E-state index in [0.717, 1.165) is 5.56 Å². The Morgan fingerprint density at radius 2 is 2.36 bits per heavy atom. The molecule has 1 N–H and O–H groups in total. The summed E-state index contributed by atoms with van der Waals surface area (Å²) in [5, 5.41) is 3.21. The van der Waals surface area contributed by atoms with Crippen molar-refractivity contribution in [1.29, 1.82) is 0 Å². The predicted molar refractivity (Wildman–Crippen MR) is 59.2 cm³/mol. The maximum Gasteiger partial charge on any atom is 0.231 e. The fourth-order valence-electron chi connectivity index (χ4n) is 1.19. The summed E-state index contributed by atoms with van der Waals surface area (Å²) in [4.78, 5) is 15.2. The molecule has 1 rings (SSSR count). The first kappa shape index (κ1) is 11.2. The highest BCUT2D eigenvalue weighted by atomic mass is 79.9. The molecule has 0 aliphatic heterocycles. The quantitative estimate of drug-likeness (QED) is 0.839. The lowest BCUT2D eigenvalue weighted by Gasteiger charge is -2.26. The van der Waals surface area contributed by atoms with Gasteiger partial charge in [-0.15, -0.1) is 0 Å². The van der Waals surface area contributed by atoms with Gasteiger partial charge in [0.1, 0.15) is 0 Å². The highest BCUT2D eigenvalue weighted by Gasteiger charge is 2.21. The molecule has 3 nitrogen and oxygen atoms in total. The summed E-state index contributed by atoms with van der Waals surface area (Å²) >= 11 is 3.11. The Morgan fingerprint density at radius 3 is 2.86 bits per heavy atom. The second-order valence-electron chi connectivity index (χ2n) is 3.55. The van der Waals surface area contributed by atoms with E-state index in [1.807, 2.05) is 26.0 Å². The van der Waals surface area contributed by atoms with Gasteiger partial charge in [0.25, 0.3) is 0 Å². The number of pyridine rings is 1. The van der Waals surface area contributed by atoms with Gasteiger partial charge >= 0.3 is 0 Å². The molecule has 0 aliphatic rings. The second kappa shape index (κ2) is 4.55. The molecule has 14 heavy (non-hydrogen) atoms. The van der Waals surface area contributed by atoms with Crippen LogP contribution in [0.2, 0.25) is 0 Å². The topological polar surface area (TPSA) is 42.0 Å². The van der Waals surface area contributed by atoms with Crippen LogP contribution in [0, 0.1) is 0 Å². The van der Waals surface area contributed by atoms with E-state index in [4.69, 9.17) is 0 Å². The lowest BCUT2D eigenvalue weighted by atomic mass is 9.96. The number of carbonyl (C=O) groups excluding carboxylic acids is 1. The zero-order chi connectivity index (χ0) is 10.6. The molecular weight excluding hydrogens is 244 g/mol. The molecule has 76 valence electrons. The Labute approximate surface area is 92.1 Å². The summed E-state index contributed by atoms with van der Waals surface area (Å²) in [5.74, 6) is -0.0288. The van der Waals surface area contributed by atoms with E-state index >= 15 is 0 Å². The number of alkyl halides is 1. The van der Waals surface area contributed by atoms with Crippen LogP contribution in [0.1, 0.15) is 19.4 Å². The molecule has 0 saturated heterocycles. The largest absolute Gasteiger partial charge is 0.346 e. The predicted octanol–water partition coefficient (Wildman–Crippen LogP) is 1.83. The number of rotatable bonds is 3. The fourth-order valence-corrected chi connectivity index (χ4v) is 1.33. The van der Waals surface area contributed by atoms with Crippen LogP contribution in [-0.2, 0) is 10.3 Å². The van der Waals surface area contributed by atoms with Gasteiger partial charge in [0.05, 0.1) is 10.9 Å². The highest BCUT2D eigenvalue weighted by molar-refractivity contribution is 9.09. The molecule has 4 heteroatoms. The van der Waals surface area contributed by atoms with Crippen LogP contribution in [0.3, 0.4) is 0 Å². The molecule has 0 radical (unpaired) electrons. The number of aromatic nitrogens is 1. The number of nitrogens with one attached hydrogen (secondary N) is 1. The van der Waals surface area contributed by atoms with Crippen molar-refractivity contribution in [2.75, 3.05) is 5.33 Å². The number of nitrogens with zero attached hydrogens (tertiary/aromatic N) is 1. The molecule has 0 aliphatic carbocycles. The molecular formula is C10H13BrN2O. The molecule has 1 aromatic heterocycles. The molecule has 1 aromatic rings. The maximum absolute atomic E-state index is 11.2. The van der Waals surface area contributed by atoms with Gasteiger partial charge in [0.15, 0.2) is 0 Å². The van der Waals surface area contributed by atoms with Gasteiger partial charge in [-0.1, -0.05) is 22.0 Å². The molecule has 1 heterocycles. The van der Waals surface area contributed by atoms with Gasteiger partial charge in [-0.2, -0.15) is 0 Å². The smallest absolute Gasteiger partial charge is 0.231 e. The minimum atomic E-state index is -0.376. The minimum Gasteiger partial charge on any atom is -0.346 e. The van der Waals surface area contributed by atoms with Crippen molar-refractivity contribution in [3.05, 3.63) is 30.1 Å². The monoisotopic (exact) mass is 256 g/mol. The van der Waals surface area contributed by atoms with E-state index in [1.165, 1.54) is 0 Å². The summed E-state index contributed by atoms with van der Waals surface area (Å²) in [6, 6.07) is 3.80. The molecule has 0 saturated carbocycles. The fraction of sp³-hybridized carbons (Fsp3) is 0.400. The molecule has 0 fully saturated rings. The average Bonchev–Trinajstić information content (AvgIpc) is 2.18. The van der Waals surface area contributed by atoms with E-state index in [-0.39, 0.29) is 11.4 Å². The molecule has 0 unspecified atom stereocenters. The first-order valence-electron chi connectivity index (χ1n) is 4.34. The number of carbonyl (C=O) groups is 1. The Kier molecular flexibility index (Phi) is 3.63. The van der Waals surface area contributed by atoms with Crippen molar-refractivity contribution in [2.45, 2.75) is 19.4 Å². The van der Waals surface area contributed by atoms with Crippen LogP contribution in [0.4, 0.5) is 0 Å². The lowest BCUT2D eigenvalue weighted by Crippen LogP contribution is -2.41. The van der Waals surface area contributed by atoms with Crippen LogP contribution >= 0.6 is 15.9 Å². The Hall–Kier alpha value is -0.900. The first-order valence-corrected chi connectivity index (χ1v) is 5.46. The van der Waals surface area contributed by atoms with Gasteiger partial charge in [0.2, 0.25) is 5.91 Å². The van der Waals surface area contributed by atoms with Crippen molar-refractivity contribution in [3.63, 3.8) is 0 Å². The van der Waals surface area contributed by atoms with Gasteiger partial charge in [-0.05, 0) is 25.5 Å². The molecule has 1 amide bonds. The number of halogens is 1. The van der Waals surface area contributed by atoms with E-state index in [1.54, 1.807) is 12.4 Å². The van der Waals surface area contributed by atoms with Crippen LogP contribution in [0.15, 0.2) is 24.5 Å². The third-order valence-corrected chi connectivity index (χ3v) is 2.47. The summed E-state index contributed by atoms with van der Waals surface area (Å²) in [6.07, 6.45) is 3.47. The van der Waals surface area contributed by atoms with Gasteiger partial charge in [-0.3, -0.25) is 9.78 Å². The zero-order valence-corrected chi connectivity index (χ0v) is 9.84. The Bertz CT molecular complexity index is 311. The van der Waals surface area contributed by atoms with Gasteiger partial charge in [-0.25, -0.2) is 0 Å². The van der Waals surface area contributed by atoms with Crippen molar-refractivity contribution in [1.82, 2.24) is 10.3 Å². The van der Waals surface area contributed by atoms with E-state index in [0.29, 0.717) is 5.33 Å². The second-order valence-corrected chi connectivity index (χ2v) is 4.11. The van der Waals surface area contributed by atoms with Crippen molar-refractivity contribution in [2.24, 2.45) is 0 Å². The van der Waals surface area contributed by atoms with Crippen molar-refractivity contribution >= 4 is 21.8 Å². The minimum absolute atomic E-state index is 0.0288. The number of amides is 1. The molecule has 0 atom stereocenters. The van der Waals surface area contributed by atoms with E-state index < -0.39 is 0 Å². The standard InChI is InChI=1S/C10H13BrN2O/c1-10(2,13-9(14)6-11)8-4-3-5-12-7-8/h3-5,7H,6H2,1-2H3,(H,13,14). The molecule has 0 aromatic carbocycles. The molecule has 0 spiro atoms. The maximum atomic E-state index is 11.2. The van der Waals surface area contributed by atoms with Crippen LogP contribution < -0.4 is 5.32 Å². The SMILES string of the molecule is CC(C)(NC(=O)CBr)c1cccnc1. The summed E-state index contributed by atoms with van der Waals surface area (Å²) in [6.45, 7) is 3.90. The summed E-state index contributed by atoms with van der Waals surface area (Å²) in [7, 11) is 0. The van der Waals surface area contributed by atoms with Crippen LogP contribution in [-0.4, -0.2) is 16.2 Å². The van der Waals surface area contributed by atoms with Crippen LogP contribution in [0.25, 0.3) is 0 Å². The van der Waals surface area contributed by atoms with E-state index in [2.05, 4.69) is 26.2 Å². The van der Waals surface area contributed by atoms with Gasteiger partial charge < -0.3 is 5.32 Å². The molecule has 0 bridgehead atoms. The number of hydrogen-bond donors (Lipinski definition) is 1. The van der Waals surface area contributed by atoms with E-state index in [9.17, 15) is 4.79 Å². The third kappa shape index (κ3) is 2.80. The Balaban J connectivity index is 2.80. The van der Waals surface area contributed by atoms with Crippen molar-refractivity contribution < 1.29 is 4.79 Å². The third-order valence-electron chi connectivity index (χ3n) is 1.96. The normalized spacial score (nSPS) is 11.1. The summed E-state index contributed by atoms with van der Waals surface area (Å²) in [5.41, 5.74) is 0.619.